The third-order valence-corrected chi connectivity index (χ3v) is 6.61. The van der Waals surface area contributed by atoms with Gasteiger partial charge in [0.05, 0.1) is 22.0 Å². The van der Waals surface area contributed by atoms with Crippen molar-refractivity contribution in [3.05, 3.63) is 117 Å². The molecule has 0 bridgehead atoms. The van der Waals surface area contributed by atoms with Crippen molar-refractivity contribution in [1.29, 1.82) is 0 Å². The average Bonchev–Trinajstić information content (AvgIpc) is 3.59. The van der Waals surface area contributed by atoms with Crippen molar-refractivity contribution in [3.63, 3.8) is 0 Å². The topological polar surface area (TPSA) is 134 Å². The Labute approximate surface area is 227 Å². The zero-order chi connectivity index (χ0) is 27.4. The van der Waals surface area contributed by atoms with Gasteiger partial charge in [0.15, 0.2) is 11.5 Å². The van der Waals surface area contributed by atoms with Crippen LogP contribution in [0.1, 0.15) is 33.4 Å². The molecule has 0 fully saturated rings. The predicted molar refractivity (Wildman–Crippen MR) is 153 cm³/mol. The molecule has 9 nitrogen and oxygen atoms in total. The van der Waals surface area contributed by atoms with E-state index in [1.165, 1.54) is 15.9 Å². The van der Waals surface area contributed by atoms with E-state index in [1.807, 2.05) is 48.5 Å². The lowest BCUT2D eigenvalue weighted by atomic mass is 10.0. The van der Waals surface area contributed by atoms with Gasteiger partial charge in [-0.05, 0) is 48.1 Å². The highest BCUT2D eigenvalue weighted by molar-refractivity contribution is 7.10. The van der Waals surface area contributed by atoms with Crippen LogP contribution < -0.4 is 17.0 Å². The van der Waals surface area contributed by atoms with E-state index >= 15 is 0 Å². The highest BCUT2D eigenvalue weighted by atomic mass is 32.1. The Morgan fingerprint density at radius 1 is 1.08 bits per heavy atom. The maximum absolute atomic E-state index is 13.4. The van der Waals surface area contributed by atoms with E-state index in [4.69, 9.17) is 11.5 Å². The molecule has 0 radical (unpaired) electrons. The van der Waals surface area contributed by atoms with Crippen LogP contribution in [-0.4, -0.2) is 30.1 Å². The maximum atomic E-state index is 13.4. The Hall–Kier alpha value is -5.27. The number of amides is 1. The van der Waals surface area contributed by atoms with Gasteiger partial charge in [0.2, 0.25) is 0 Å². The average molecular weight is 534 g/mol. The summed E-state index contributed by atoms with van der Waals surface area (Å²) in [6, 6.07) is 19.4. The summed E-state index contributed by atoms with van der Waals surface area (Å²) in [7, 11) is 0. The monoisotopic (exact) mass is 533 g/mol. The molecule has 1 amide bonds. The smallest absolute Gasteiger partial charge is 0.264 e. The lowest BCUT2D eigenvalue weighted by Gasteiger charge is -2.14. The first-order valence-corrected chi connectivity index (χ1v) is 12.9. The number of rotatable bonds is 3. The first kappa shape index (κ1) is 25.4. The Kier molecular flexibility index (Phi) is 7.16. The number of carbonyl (C=O) groups is 1. The molecule has 0 atom stereocenters. The van der Waals surface area contributed by atoms with Gasteiger partial charge in [0, 0.05) is 29.3 Å². The molecule has 4 N–H and O–H groups in total. The largest absolute Gasteiger partial charge is 0.381 e. The summed E-state index contributed by atoms with van der Waals surface area (Å²) >= 11 is 1.49. The Bertz CT molecular complexity index is 1910. The molecule has 192 valence electrons. The third kappa shape index (κ3) is 5.12. The number of aryl methyl sites for hydroxylation is 1. The van der Waals surface area contributed by atoms with Crippen LogP contribution in [0.2, 0.25) is 0 Å². The van der Waals surface area contributed by atoms with Crippen molar-refractivity contribution >= 4 is 39.5 Å². The van der Waals surface area contributed by atoms with Gasteiger partial charge < -0.3 is 11.5 Å². The lowest BCUT2D eigenvalue weighted by Crippen LogP contribution is -2.22. The SMILES string of the molecule is CCc1cc2cccc(C#Cc3cncs3)c2c(=O)n1-c1ccccc1.NC(=O)c1c(N)nn2cccnc12. The van der Waals surface area contributed by atoms with E-state index < -0.39 is 5.91 Å². The van der Waals surface area contributed by atoms with Crippen LogP contribution >= 0.6 is 11.3 Å². The number of primary amides is 1. The number of benzene rings is 2. The van der Waals surface area contributed by atoms with Crippen LogP contribution in [0.5, 0.6) is 0 Å². The summed E-state index contributed by atoms with van der Waals surface area (Å²) in [5, 5.41) is 5.45. The van der Waals surface area contributed by atoms with Crippen LogP contribution in [0.3, 0.4) is 0 Å². The van der Waals surface area contributed by atoms with Crippen molar-refractivity contribution in [1.82, 2.24) is 24.1 Å². The summed E-state index contributed by atoms with van der Waals surface area (Å²) in [6.45, 7) is 2.06. The molecule has 0 aliphatic rings. The quantitative estimate of drug-likeness (QED) is 0.332. The molecule has 0 aliphatic carbocycles. The minimum atomic E-state index is -0.619. The van der Waals surface area contributed by atoms with Gasteiger partial charge in [-0.3, -0.25) is 19.1 Å². The van der Waals surface area contributed by atoms with Crippen LogP contribution in [0.25, 0.3) is 22.1 Å². The molecule has 0 aliphatic heterocycles. The highest BCUT2D eigenvalue weighted by Gasteiger charge is 2.15. The maximum Gasteiger partial charge on any atom is 0.264 e. The number of nitrogens with two attached hydrogens (primary N) is 2. The molecule has 6 rings (SSSR count). The van der Waals surface area contributed by atoms with Crippen molar-refractivity contribution in [2.24, 2.45) is 5.73 Å². The lowest BCUT2D eigenvalue weighted by molar-refractivity contribution is 0.100. The predicted octanol–water partition coefficient (Wildman–Crippen LogP) is 3.82. The molecule has 39 heavy (non-hydrogen) atoms. The number of nitrogens with zero attached hydrogens (tertiary/aromatic N) is 5. The second kappa shape index (κ2) is 11.0. The molecule has 0 saturated heterocycles. The molecule has 0 unspecified atom stereocenters. The summed E-state index contributed by atoms with van der Waals surface area (Å²) in [6.07, 6.45) is 5.70. The molecule has 4 heterocycles. The number of para-hydroxylation sites is 1. The molecular weight excluding hydrogens is 510 g/mol. The summed E-state index contributed by atoms with van der Waals surface area (Å²) in [4.78, 5) is 33.2. The van der Waals surface area contributed by atoms with Gasteiger partial charge in [-0.25, -0.2) is 9.50 Å². The first-order chi connectivity index (χ1) is 19.0. The standard InChI is InChI=1S/C22H16N2OS.C7H7N5O/c1-2-18-13-17-8-6-7-16(11-12-20-14-23-15-26-20)21(17)22(25)24(18)19-9-4-3-5-10-19;8-5-4(6(9)13)7-10-2-1-3-12(7)11-5/h3-10,13-15H,2H2,1H3;1-3H,(H2,8,11)(H2,9,13). The minimum absolute atomic E-state index is 0.0280. The number of aromatic nitrogens is 5. The van der Waals surface area contributed by atoms with Crippen LogP contribution in [0.15, 0.2) is 89.6 Å². The molecule has 4 aromatic heterocycles. The van der Waals surface area contributed by atoms with E-state index in [-0.39, 0.29) is 16.9 Å². The van der Waals surface area contributed by atoms with Crippen LogP contribution in [-0.2, 0) is 6.42 Å². The number of hydrogen-bond acceptors (Lipinski definition) is 7. The number of carbonyl (C=O) groups excluding carboxylic acids is 1. The zero-order valence-electron chi connectivity index (χ0n) is 20.9. The van der Waals surface area contributed by atoms with Crippen molar-refractivity contribution in [2.45, 2.75) is 13.3 Å². The fourth-order valence-corrected chi connectivity index (χ4v) is 4.65. The molecule has 0 spiro atoms. The summed E-state index contributed by atoms with van der Waals surface area (Å²) < 4.78 is 3.20. The van der Waals surface area contributed by atoms with Crippen molar-refractivity contribution in [3.8, 4) is 17.5 Å². The van der Waals surface area contributed by atoms with E-state index in [0.29, 0.717) is 11.0 Å². The van der Waals surface area contributed by atoms with Gasteiger partial charge in [-0.15, -0.1) is 16.4 Å². The summed E-state index contributed by atoms with van der Waals surface area (Å²) in [5.74, 6) is 5.74. The number of anilines is 1. The van der Waals surface area contributed by atoms with Gasteiger partial charge in [-0.1, -0.05) is 43.2 Å². The van der Waals surface area contributed by atoms with Crippen molar-refractivity contribution in [2.75, 3.05) is 5.73 Å². The molecular formula is C29H23N7O2S. The second-order valence-electron chi connectivity index (χ2n) is 8.36. The van der Waals surface area contributed by atoms with Gasteiger partial charge in [0.1, 0.15) is 5.56 Å². The number of fused-ring (bicyclic) bond motifs is 2. The van der Waals surface area contributed by atoms with Crippen molar-refractivity contribution < 1.29 is 4.79 Å². The van der Waals surface area contributed by atoms with Gasteiger partial charge in [-0.2, -0.15) is 0 Å². The van der Waals surface area contributed by atoms with Gasteiger partial charge >= 0.3 is 0 Å². The zero-order valence-corrected chi connectivity index (χ0v) is 21.7. The van der Waals surface area contributed by atoms with E-state index in [2.05, 4.69) is 39.9 Å². The number of thiazole rings is 1. The van der Waals surface area contributed by atoms with E-state index in [9.17, 15) is 9.59 Å². The summed E-state index contributed by atoms with van der Waals surface area (Å²) in [5.41, 5.74) is 15.5. The number of pyridine rings is 1. The fraction of sp³-hybridized carbons (Fsp3) is 0.0690. The third-order valence-electron chi connectivity index (χ3n) is 5.92. The fourth-order valence-electron chi connectivity index (χ4n) is 4.19. The second-order valence-corrected chi connectivity index (χ2v) is 9.25. The molecule has 10 heteroatoms. The van der Waals surface area contributed by atoms with Crippen LogP contribution in [0.4, 0.5) is 5.82 Å². The molecule has 2 aromatic carbocycles. The number of nitrogen functional groups attached to an aromatic ring is 1. The van der Waals surface area contributed by atoms with E-state index in [0.717, 1.165) is 33.6 Å². The molecule has 0 saturated carbocycles. The van der Waals surface area contributed by atoms with Crippen LogP contribution in [0, 0.1) is 11.8 Å². The van der Waals surface area contributed by atoms with E-state index in [1.54, 1.807) is 34.7 Å². The number of hydrogen-bond donors (Lipinski definition) is 2. The molecule has 6 aromatic rings. The minimum Gasteiger partial charge on any atom is -0.381 e. The Balaban J connectivity index is 0.000000198. The van der Waals surface area contributed by atoms with Gasteiger partial charge in [0.25, 0.3) is 11.5 Å². The highest BCUT2D eigenvalue weighted by Crippen LogP contribution is 2.20. The Morgan fingerprint density at radius 2 is 1.90 bits per heavy atom. The normalized spacial score (nSPS) is 10.5. The first-order valence-electron chi connectivity index (χ1n) is 12.0. The Morgan fingerprint density at radius 3 is 2.62 bits per heavy atom.